The lowest BCUT2D eigenvalue weighted by Crippen LogP contribution is -1.90. The Bertz CT molecular complexity index is 441. The second-order valence-electron chi connectivity index (χ2n) is 3.03. The van der Waals surface area contributed by atoms with Crippen molar-refractivity contribution in [3.63, 3.8) is 0 Å². The molecule has 0 atom stereocenters. The summed E-state index contributed by atoms with van der Waals surface area (Å²) in [6.07, 6.45) is 3.29. The van der Waals surface area contributed by atoms with Gasteiger partial charge in [-0.1, -0.05) is 19.9 Å². The molecule has 0 N–H and O–H groups in total. The van der Waals surface area contributed by atoms with Crippen molar-refractivity contribution in [1.29, 1.82) is 0 Å². The van der Waals surface area contributed by atoms with Crippen LogP contribution in [0.2, 0.25) is 0 Å². The zero-order valence-corrected chi connectivity index (χ0v) is 9.74. The number of hydrogen-bond donors (Lipinski definition) is 0. The predicted molar refractivity (Wildman–Crippen MR) is 63.5 cm³/mol. The average molecular weight is 218 g/mol. The second kappa shape index (κ2) is 5.95. The molecule has 2 rings (SSSR count). The molecule has 0 aliphatic carbocycles. The molecule has 0 spiro atoms. The van der Waals surface area contributed by atoms with Crippen LogP contribution >= 0.6 is 0 Å². The highest BCUT2D eigenvalue weighted by Gasteiger charge is 2.04. The number of hydrogen-bond acceptors (Lipinski definition) is 2. The lowest BCUT2D eigenvalue weighted by molar-refractivity contribution is 0.627. The third-order valence-corrected chi connectivity index (χ3v) is 2.01. The van der Waals surface area contributed by atoms with E-state index in [-0.39, 0.29) is 5.82 Å². The predicted octanol–water partition coefficient (Wildman–Crippen LogP) is 3.62. The van der Waals surface area contributed by atoms with E-state index in [2.05, 4.69) is 9.97 Å². The number of nitrogens with zero attached hydrogens (tertiary/aromatic N) is 2. The molecular formula is C13H15FN2. The molecule has 0 radical (unpaired) electrons. The average Bonchev–Trinajstić information content (AvgIpc) is 2.36. The standard InChI is InChI=1S/C11H9FN2.C2H6/c1-8-3-4-9(12)7-10(8)11-13-5-2-6-14-11;1-2/h2-7H,1H3;1-2H3. The van der Waals surface area contributed by atoms with Gasteiger partial charge in [0.25, 0.3) is 0 Å². The van der Waals surface area contributed by atoms with Gasteiger partial charge >= 0.3 is 0 Å². The topological polar surface area (TPSA) is 25.8 Å². The van der Waals surface area contributed by atoms with Gasteiger partial charge in [0.15, 0.2) is 5.82 Å². The summed E-state index contributed by atoms with van der Waals surface area (Å²) in [5.41, 5.74) is 1.71. The summed E-state index contributed by atoms with van der Waals surface area (Å²) in [4.78, 5) is 8.15. The second-order valence-corrected chi connectivity index (χ2v) is 3.03. The molecule has 0 fully saturated rings. The third-order valence-electron chi connectivity index (χ3n) is 2.01. The zero-order chi connectivity index (χ0) is 12.0. The van der Waals surface area contributed by atoms with Crippen molar-refractivity contribution in [3.05, 3.63) is 48.0 Å². The van der Waals surface area contributed by atoms with E-state index in [1.807, 2.05) is 20.8 Å². The molecule has 84 valence electrons. The molecule has 1 heterocycles. The summed E-state index contributed by atoms with van der Waals surface area (Å²) < 4.78 is 13.0. The Hall–Kier alpha value is -1.77. The van der Waals surface area contributed by atoms with Crippen LogP contribution in [0.5, 0.6) is 0 Å². The molecule has 1 aromatic heterocycles. The van der Waals surface area contributed by atoms with Gasteiger partial charge in [0, 0.05) is 18.0 Å². The molecule has 3 heteroatoms. The maximum absolute atomic E-state index is 13.0. The number of aromatic nitrogens is 2. The summed E-state index contributed by atoms with van der Waals surface area (Å²) in [5.74, 6) is 0.294. The van der Waals surface area contributed by atoms with Crippen molar-refractivity contribution in [3.8, 4) is 11.4 Å². The van der Waals surface area contributed by atoms with E-state index < -0.39 is 0 Å². The SMILES string of the molecule is CC.Cc1ccc(F)cc1-c1ncccn1. The molecule has 0 aliphatic rings. The fraction of sp³-hybridized carbons (Fsp3) is 0.231. The Kier molecular flexibility index (Phi) is 4.58. The minimum atomic E-state index is -0.266. The number of aryl methyl sites for hydroxylation is 1. The monoisotopic (exact) mass is 218 g/mol. The summed E-state index contributed by atoms with van der Waals surface area (Å²) in [7, 11) is 0. The van der Waals surface area contributed by atoms with Crippen molar-refractivity contribution in [2.24, 2.45) is 0 Å². The van der Waals surface area contributed by atoms with Crippen LogP contribution in [0.3, 0.4) is 0 Å². The first-order valence-electron chi connectivity index (χ1n) is 5.31. The Labute approximate surface area is 95.2 Å². The smallest absolute Gasteiger partial charge is 0.159 e. The molecule has 0 amide bonds. The fourth-order valence-corrected chi connectivity index (χ4v) is 1.27. The highest BCUT2D eigenvalue weighted by Crippen LogP contribution is 2.19. The van der Waals surface area contributed by atoms with Crippen LogP contribution in [0.4, 0.5) is 4.39 Å². The molecule has 2 nitrogen and oxygen atoms in total. The number of rotatable bonds is 1. The van der Waals surface area contributed by atoms with Gasteiger partial charge in [0.1, 0.15) is 5.82 Å². The van der Waals surface area contributed by atoms with Gasteiger partial charge in [0.2, 0.25) is 0 Å². The molecule has 0 aliphatic heterocycles. The van der Waals surface area contributed by atoms with Gasteiger partial charge in [-0.25, -0.2) is 14.4 Å². The van der Waals surface area contributed by atoms with Gasteiger partial charge in [-0.3, -0.25) is 0 Å². The highest BCUT2D eigenvalue weighted by molar-refractivity contribution is 5.59. The van der Waals surface area contributed by atoms with Gasteiger partial charge in [0.05, 0.1) is 0 Å². The first-order valence-corrected chi connectivity index (χ1v) is 5.31. The van der Waals surface area contributed by atoms with Crippen LogP contribution in [0.15, 0.2) is 36.7 Å². The molecule has 0 saturated heterocycles. The van der Waals surface area contributed by atoms with Gasteiger partial charge in [-0.15, -0.1) is 0 Å². The minimum Gasteiger partial charge on any atom is -0.237 e. The van der Waals surface area contributed by atoms with Gasteiger partial charge in [-0.05, 0) is 30.7 Å². The molecular weight excluding hydrogens is 203 g/mol. The van der Waals surface area contributed by atoms with Crippen molar-refractivity contribution >= 4 is 0 Å². The van der Waals surface area contributed by atoms with E-state index in [1.165, 1.54) is 12.1 Å². The van der Waals surface area contributed by atoms with Crippen LogP contribution in [-0.4, -0.2) is 9.97 Å². The molecule has 2 aromatic rings. The van der Waals surface area contributed by atoms with E-state index in [0.29, 0.717) is 5.82 Å². The number of benzene rings is 1. The van der Waals surface area contributed by atoms with Crippen molar-refractivity contribution in [2.75, 3.05) is 0 Å². The maximum Gasteiger partial charge on any atom is 0.159 e. The van der Waals surface area contributed by atoms with Crippen LogP contribution in [-0.2, 0) is 0 Å². The lowest BCUT2D eigenvalue weighted by Gasteiger charge is -2.03. The van der Waals surface area contributed by atoms with Crippen LogP contribution in [0.25, 0.3) is 11.4 Å². The first kappa shape index (κ1) is 12.3. The van der Waals surface area contributed by atoms with Crippen LogP contribution < -0.4 is 0 Å². The van der Waals surface area contributed by atoms with E-state index in [1.54, 1.807) is 24.5 Å². The van der Waals surface area contributed by atoms with Crippen molar-refractivity contribution < 1.29 is 4.39 Å². The largest absolute Gasteiger partial charge is 0.237 e. The molecule has 0 saturated carbocycles. The fourth-order valence-electron chi connectivity index (χ4n) is 1.27. The van der Waals surface area contributed by atoms with Crippen LogP contribution in [0.1, 0.15) is 19.4 Å². The zero-order valence-electron chi connectivity index (χ0n) is 9.74. The van der Waals surface area contributed by atoms with Crippen molar-refractivity contribution in [2.45, 2.75) is 20.8 Å². The van der Waals surface area contributed by atoms with E-state index in [4.69, 9.17) is 0 Å². The summed E-state index contributed by atoms with van der Waals surface area (Å²) in [6.45, 7) is 5.91. The van der Waals surface area contributed by atoms with E-state index in [9.17, 15) is 4.39 Å². The Morgan fingerprint density at radius 1 is 1.06 bits per heavy atom. The summed E-state index contributed by atoms with van der Waals surface area (Å²) in [6, 6.07) is 6.34. The molecule has 1 aromatic carbocycles. The number of halogens is 1. The first-order chi connectivity index (χ1) is 7.77. The van der Waals surface area contributed by atoms with Crippen molar-refractivity contribution in [1.82, 2.24) is 9.97 Å². The maximum atomic E-state index is 13.0. The highest BCUT2D eigenvalue weighted by atomic mass is 19.1. The Morgan fingerprint density at radius 2 is 1.69 bits per heavy atom. The quantitative estimate of drug-likeness (QED) is 0.730. The molecule has 0 unspecified atom stereocenters. The molecule has 16 heavy (non-hydrogen) atoms. The Morgan fingerprint density at radius 3 is 2.31 bits per heavy atom. The minimum absolute atomic E-state index is 0.266. The Balaban J connectivity index is 0.000000606. The van der Waals surface area contributed by atoms with Crippen LogP contribution in [0, 0.1) is 12.7 Å². The van der Waals surface area contributed by atoms with Gasteiger partial charge < -0.3 is 0 Å². The van der Waals surface area contributed by atoms with E-state index >= 15 is 0 Å². The normalized spacial score (nSPS) is 9.25. The summed E-state index contributed by atoms with van der Waals surface area (Å²) >= 11 is 0. The van der Waals surface area contributed by atoms with Gasteiger partial charge in [-0.2, -0.15) is 0 Å². The summed E-state index contributed by atoms with van der Waals surface area (Å²) in [5, 5.41) is 0. The lowest BCUT2D eigenvalue weighted by atomic mass is 10.1. The molecule has 0 bridgehead atoms. The third kappa shape index (κ3) is 2.86. The van der Waals surface area contributed by atoms with E-state index in [0.717, 1.165) is 11.1 Å².